The second kappa shape index (κ2) is 9.00. The van der Waals surface area contributed by atoms with Crippen LogP contribution < -0.4 is 10.1 Å². The van der Waals surface area contributed by atoms with Gasteiger partial charge in [-0.2, -0.15) is 0 Å². The van der Waals surface area contributed by atoms with Crippen LogP contribution in [0.1, 0.15) is 22.3 Å². The number of hydrogen-bond donors (Lipinski definition) is 1. The minimum Gasteiger partial charge on any atom is -0.484 e. The predicted molar refractivity (Wildman–Crippen MR) is 115 cm³/mol. The second-order valence-corrected chi connectivity index (χ2v) is 6.83. The molecule has 0 aliphatic heterocycles. The molecule has 0 aliphatic carbocycles. The van der Waals surface area contributed by atoms with Crippen LogP contribution in [0, 0.1) is 20.8 Å². The Morgan fingerprint density at radius 1 is 0.964 bits per heavy atom. The predicted octanol–water partition coefficient (Wildman–Crippen LogP) is 5.38. The summed E-state index contributed by atoms with van der Waals surface area (Å²) in [5.41, 5.74) is 6.07. The molecule has 0 radical (unpaired) electrons. The number of anilines is 1. The summed E-state index contributed by atoms with van der Waals surface area (Å²) in [5.74, 6) is 0.434. The first kappa shape index (κ1) is 19.4. The summed E-state index contributed by atoms with van der Waals surface area (Å²) < 4.78 is 5.63. The van der Waals surface area contributed by atoms with Gasteiger partial charge >= 0.3 is 0 Å². The van der Waals surface area contributed by atoms with E-state index < -0.39 is 0 Å². The lowest BCUT2D eigenvalue weighted by Crippen LogP contribution is -2.20. The Labute approximate surface area is 165 Å². The fraction of sp³-hybridized carbons (Fsp3) is 0.167. The molecule has 0 spiro atoms. The van der Waals surface area contributed by atoms with Crippen molar-refractivity contribution >= 4 is 23.5 Å². The summed E-state index contributed by atoms with van der Waals surface area (Å²) in [5, 5.41) is 2.83. The van der Waals surface area contributed by atoms with E-state index in [9.17, 15) is 4.79 Å². The van der Waals surface area contributed by atoms with Crippen LogP contribution in [0.4, 0.5) is 11.4 Å². The van der Waals surface area contributed by atoms with Crippen molar-refractivity contribution in [2.24, 2.45) is 4.99 Å². The molecule has 0 heterocycles. The fourth-order valence-corrected chi connectivity index (χ4v) is 2.85. The highest BCUT2D eigenvalue weighted by molar-refractivity contribution is 5.92. The number of amides is 1. The zero-order valence-corrected chi connectivity index (χ0v) is 16.4. The molecule has 0 aliphatic rings. The average molecular weight is 372 g/mol. The maximum atomic E-state index is 12.1. The molecule has 0 unspecified atom stereocenters. The Morgan fingerprint density at radius 2 is 1.75 bits per heavy atom. The lowest BCUT2D eigenvalue weighted by molar-refractivity contribution is -0.118. The monoisotopic (exact) mass is 372 g/mol. The van der Waals surface area contributed by atoms with Gasteiger partial charge in [-0.15, -0.1) is 0 Å². The molecule has 3 aromatic rings. The SMILES string of the molecule is Cc1cccc(NC(=O)COc2cccc(C=Nc3ccc(C)cc3C)c2)c1. The molecule has 3 rings (SSSR count). The molecule has 4 nitrogen and oxygen atoms in total. The Balaban J connectivity index is 1.60. The van der Waals surface area contributed by atoms with Gasteiger partial charge < -0.3 is 10.1 Å². The number of hydrogen-bond acceptors (Lipinski definition) is 3. The molecule has 142 valence electrons. The van der Waals surface area contributed by atoms with E-state index in [1.807, 2.05) is 74.5 Å². The summed E-state index contributed by atoms with van der Waals surface area (Å²) in [6.45, 7) is 6.05. The van der Waals surface area contributed by atoms with Crippen LogP contribution in [0.5, 0.6) is 5.75 Å². The zero-order chi connectivity index (χ0) is 19.9. The summed E-state index contributed by atoms with van der Waals surface area (Å²) in [4.78, 5) is 16.7. The molecular formula is C24H24N2O2. The molecule has 0 aromatic heterocycles. The van der Waals surface area contributed by atoms with E-state index in [-0.39, 0.29) is 12.5 Å². The molecule has 3 aromatic carbocycles. The van der Waals surface area contributed by atoms with Gasteiger partial charge in [-0.25, -0.2) is 0 Å². The second-order valence-electron chi connectivity index (χ2n) is 6.83. The summed E-state index contributed by atoms with van der Waals surface area (Å²) in [6.07, 6.45) is 1.80. The number of aryl methyl sites for hydroxylation is 3. The van der Waals surface area contributed by atoms with E-state index in [0.29, 0.717) is 5.75 Å². The molecule has 0 bridgehead atoms. The molecule has 0 fully saturated rings. The first-order chi connectivity index (χ1) is 13.5. The maximum Gasteiger partial charge on any atom is 0.262 e. The number of carbonyl (C=O) groups excluding carboxylic acids is 1. The van der Waals surface area contributed by atoms with Crippen molar-refractivity contribution in [3.05, 3.63) is 89.0 Å². The highest BCUT2D eigenvalue weighted by Gasteiger charge is 2.04. The minimum absolute atomic E-state index is 0.0500. The number of benzene rings is 3. The standard InChI is InChI=1S/C24H24N2O2/c1-17-6-4-8-21(13-17)26-24(27)16-28-22-9-5-7-20(14-22)15-25-23-11-10-18(2)12-19(23)3/h4-15H,16H2,1-3H3,(H,26,27). The van der Waals surface area contributed by atoms with Gasteiger partial charge in [0, 0.05) is 11.9 Å². The molecule has 0 saturated carbocycles. The van der Waals surface area contributed by atoms with E-state index in [4.69, 9.17) is 4.74 Å². The van der Waals surface area contributed by atoms with Crippen molar-refractivity contribution in [3.63, 3.8) is 0 Å². The average Bonchev–Trinajstić information content (AvgIpc) is 2.66. The summed E-state index contributed by atoms with van der Waals surface area (Å²) >= 11 is 0. The Kier molecular flexibility index (Phi) is 6.22. The van der Waals surface area contributed by atoms with Crippen LogP contribution >= 0.6 is 0 Å². The van der Waals surface area contributed by atoms with Crippen molar-refractivity contribution in [3.8, 4) is 5.75 Å². The normalized spacial score (nSPS) is 10.8. The van der Waals surface area contributed by atoms with Crippen LogP contribution in [-0.2, 0) is 4.79 Å². The third kappa shape index (κ3) is 5.55. The fourth-order valence-electron chi connectivity index (χ4n) is 2.85. The number of nitrogens with one attached hydrogen (secondary N) is 1. The summed E-state index contributed by atoms with van der Waals surface area (Å²) in [7, 11) is 0. The van der Waals surface area contributed by atoms with Crippen molar-refractivity contribution < 1.29 is 9.53 Å². The van der Waals surface area contributed by atoms with E-state index in [1.165, 1.54) is 5.56 Å². The highest BCUT2D eigenvalue weighted by Crippen LogP contribution is 2.20. The topological polar surface area (TPSA) is 50.7 Å². The van der Waals surface area contributed by atoms with Gasteiger partial charge in [0.25, 0.3) is 5.91 Å². The van der Waals surface area contributed by atoms with Crippen LogP contribution in [0.2, 0.25) is 0 Å². The van der Waals surface area contributed by atoms with Gasteiger partial charge in [-0.1, -0.05) is 42.0 Å². The zero-order valence-electron chi connectivity index (χ0n) is 16.4. The van der Waals surface area contributed by atoms with Gasteiger partial charge in [0.05, 0.1) is 5.69 Å². The van der Waals surface area contributed by atoms with Crippen LogP contribution in [-0.4, -0.2) is 18.7 Å². The lowest BCUT2D eigenvalue weighted by Gasteiger charge is -2.08. The Bertz CT molecular complexity index is 1010. The number of nitrogens with zero attached hydrogens (tertiary/aromatic N) is 1. The first-order valence-electron chi connectivity index (χ1n) is 9.20. The number of carbonyl (C=O) groups is 1. The van der Waals surface area contributed by atoms with E-state index >= 15 is 0 Å². The van der Waals surface area contributed by atoms with Gasteiger partial charge in [0.15, 0.2) is 6.61 Å². The molecular weight excluding hydrogens is 348 g/mol. The van der Waals surface area contributed by atoms with Crippen LogP contribution in [0.25, 0.3) is 0 Å². The van der Waals surface area contributed by atoms with Crippen LogP contribution in [0.3, 0.4) is 0 Å². The third-order valence-corrected chi connectivity index (χ3v) is 4.23. The van der Waals surface area contributed by atoms with E-state index in [2.05, 4.69) is 23.3 Å². The smallest absolute Gasteiger partial charge is 0.262 e. The van der Waals surface area contributed by atoms with Crippen molar-refractivity contribution in [1.82, 2.24) is 0 Å². The largest absolute Gasteiger partial charge is 0.484 e. The van der Waals surface area contributed by atoms with Crippen molar-refractivity contribution in [1.29, 1.82) is 0 Å². The van der Waals surface area contributed by atoms with Crippen molar-refractivity contribution in [2.75, 3.05) is 11.9 Å². The Hall–Kier alpha value is -3.40. The minimum atomic E-state index is -0.194. The highest BCUT2D eigenvalue weighted by atomic mass is 16.5. The maximum absolute atomic E-state index is 12.1. The van der Waals surface area contributed by atoms with Gasteiger partial charge in [-0.3, -0.25) is 9.79 Å². The molecule has 0 atom stereocenters. The van der Waals surface area contributed by atoms with E-state index in [0.717, 1.165) is 28.1 Å². The molecule has 1 N–H and O–H groups in total. The first-order valence-corrected chi connectivity index (χ1v) is 9.20. The van der Waals surface area contributed by atoms with Gasteiger partial charge in [0.2, 0.25) is 0 Å². The summed E-state index contributed by atoms with van der Waals surface area (Å²) in [6, 6.07) is 21.4. The quantitative estimate of drug-likeness (QED) is 0.591. The number of rotatable bonds is 6. The van der Waals surface area contributed by atoms with E-state index in [1.54, 1.807) is 6.21 Å². The number of aliphatic imine (C=N–C) groups is 1. The number of ether oxygens (including phenoxy) is 1. The molecule has 28 heavy (non-hydrogen) atoms. The molecule has 0 saturated heterocycles. The Morgan fingerprint density at radius 3 is 2.54 bits per heavy atom. The van der Waals surface area contributed by atoms with Crippen molar-refractivity contribution in [2.45, 2.75) is 20.8 Å². The molecule has 4 heteroatoms. The van der Waals surface area contributed by atoms with Gasteiger partial charge in [0.1, 0.15) is 5.75 Å². The van der Waals surface area contributed by atoms with Gasteiger partial charge in [-0.05, 0) is 67.8 Å². The lowest BCUT2D eigenvalue weighted by atomic mass is 10.1. The van der Waals surface area contributed by atoms with Crippen LogP contribution in [0.15, 0.2) is 71.7 Å². The third-order valence-electron chi connectivity index (χ3n) is 4.23. The molecule has 1 amide bonds.